The van der Waals surface area contributed by atoms with Gasteiger partial charge in [0.05, 0.1) is 0 Å². The lowest BCUT2D eigenvalue weighted by atomic mass is 10.1. The number of aromatic nitrogens is 4. The lowest BCUT2D eigenvalue weighted by Crippen LogP contribution is -2.22. The molecule has 0 N–H and O–H groups in total. The molecule has 3 rings (SSSR count). The second-order valence-corrected chi connectivity index (χ2v) is 5.03. The van der Waals surface area contributed by atoms with Gasteiger partial charge in [-0.1, -0.05) is 0 Å². The Hall–Kier alpha value is -2.41. The molecule has 0 aliphatic heterocycles. The first-order valence-electron chi connectivity index (χ1n) is 6.25. The minimum atomic E-state index is -1.03. The van der Waals surface area contributed by atoms with E-state index in [-0.39, 0.29) is 27.6 Å². The molecule has 0 atom stereocenters. The molecule has 22 heavy (non-hydrogen) atoms. The summed E-state index contributed by atoms with van der Waals surface area (Å²) in [5, 5.41) is -0.171. The smallest absolute Gasteiger partial charge is 0.279 e. The Morgan fingerprint density at radius 2 is 1.82 bits per heavy atom. The highest BCUT2D eigenvalue weighted by molar-refractivity contribution is 6.28. The van der Waals surface area contributed by atoms with E-state index in [2.05, 4.69) is 15.0 Å². The van der Waals surface area contributed by atoms with Crippen molar-refractivity contribution in [2.24, 2.45) is 7.05 Å². The van der Waals surface area contributed by atoms with E-state index in [1.54, 1.807) is 14.0 Å². The molecular formula is C14H9ClF2N4O. The van der Waals surface area contributed by atoms with Crippen LogP contribution in [-0.2, 0) is 7.05 Å². The van der Waals surface area contributed by atoms with Gasteiger partial charge in [-0.2, -0.15) is 0 Å². The van der Waals surface area contributed by atoms with E-state index < -0.39 is 17.2 Å². The molecule has 0 saturated heterocycles. The molecule has 0 unspecified atom stereocenters. The van der Waals surface area contributed by atoms with Crippen LogP contribution in [-0.4, -0.2) is 19.5 Å². The summed E-state index contributed by atoms with van der Waals surface area (Å²) in [6, 6.07) is 3.29. The molecule has 1 aromatic carbocycles. The van der Waals surface area contributed by atoms with Crippen molar-refractivity contribution in [3.63, 3.8) is 0 Å². The zero-order chi connectivity index (χ0) is 16.0. The predicted octanol–water partition coefficient (Wildman–Crippen LogP) is 2.63. The zero-order valence-electron chi connectivity index (χ0n) is 11.6. The Morgan fingerprint density at radius 3 is 2.50 bits per heavy atom. The van der Waals surface area contributed by atoms with Gasteiger partial charge in [-0.05, 0) is 36.7 Å². The van der Waals surface area contributed by atoms with Crippen molar-refractivity contribution in [1.82, 2.24) is 19.5 Å². The number of fused-ring (bicyclic) bond motifs is 1. The van der Waals surface area contributed by atoms with Crippen LogP contribution >= 0.6 is 11.6 Å². The first-order chi connectivity index (χ1) is 10.4. The van der Waals surface area contributed by atoms with Gasteiger partial charge in [0, 0.05) is 12.6 Å². The Kier molecular flexibility index (Phi) is 3.37. The fourth-order valence-electron chi connectivity index (χ4n) is 2.07. The second-order valence-electron chi connectivity index (χ2n) is 4.69. The highest BCUT2D eigenvalue weighted by atomic mass is 35.5. The molecule has 3 aromatic rings. The van der Waals surface area contributed by atoms with E-state index in [1.807, 2.05) is 0 Å². The number of aryl methyl sites for hydroxylation is 1. The number of hydrogen-bond donors (Lipinski definition) is 0. The summed E-state index contributed by atoms with van der Waals surface area (Å²) < 4.78 is 27.9. The molecule has 0 saturated carbocycles. The summed E-state index contributed by atoms with van der Waals surface area (Å²) in [5.74, 6) is -1.57. The molecule has 5 nitrogen and oxygen atoms in total. The lowest BCUT2D eigenvalue weighted by Gasteiger charge is -2.09. The quantitative estimate of drug-likeness (QED) is 0.646. The number of nitrogens with zero attached hydrogens (tertiary/aromatic N) is 4. The molecule has 0 fully saturated rings. The fourth-order valence-corrected chi connectivity index (χ4v) is 2.24. The summed E-state index contributed by atoms with van der Waals surface area (Å²) in [6.07, 6.45) is 0. The first-order valence-corrected chi connectivity index (χ1v) is 6.62. The second kappa shape index (κ2) is 5.10. The van der Waals surface area contributed by atoms with E-state index >= 15 is 0 Å². The van der Waals surface area contributed by atoms with Crippen LogP contribution in [0.1, 0.15) is 5.82 Å². The average molecular weight is 323 g/mol. The first kappa shape index (κ1) is 14.5. The van der Waals surface area contributed by atoms with Crippen LogP contribution in [0.4, 0.5) is 8.78 Å². The average Bonchev–Trinajstić information content (AvgIpc) is 2.48. The van der Waals surface area contributed by atoms with Crippen LogP contribution in [0.25, 0.3) is 22.3 Å². The summed E-state index contributed by atoms with van der Waals surface area (Å²) in [7, 11) is 1.55. The number of benzene rings is 1. The largest absolute Gasteiger partial charge is 0.298 e. The Morgan fingerprint density at radius 1 is 1.09 bits per heavy atom. The van der Waals surface area contributed by atoms with Crippen LogP contribution in [0.15, 0.2) is 23.0 Å². The Labute approximate surface area is 128 Å². The number of halogens is 3. The van der Waals surface area contributed by atoms with Gasteiger partial charge in [-0.15, -0.1) is 0 Å². The van der Waals surface area contributed by atoms with E-state index in [9.17, 15) is 13.6 Å². The van der Waals surface area contributed by atoms with Gasteiger partial charge in [0.1, 0.15) is 17.0 Å². The van der Waals surface area contributed by atoms with Crippen molar-refractivity contribution in [2.75, 3.05) is 0 Å². The fraction of sp³-hybridized carbons (Fsp3) is 0.143. The van der Waals surface area contributed by atoms with E-state index in [0.29, 0.717) is 5.82 Å². The molecular weight excluding hydrogens is 314 g/mol. The number of rotatable bonds is 1. The number of hydrogen-bond acceptors (Lipinski definition) is 4. The van der Waals surface area contributed by atoms with Crippen molar-refractivity contribution >= 4 is 22.6 Å². The molecule has 0 bridgehead atoms. The van der Waals surface area contributed by atoms with E-state index in [0.717, 1.165) is 12.1 Å². The molecule has 0 aliphatic carbocycles. The van der Waals surface area contributed by atoms with E-state index in [1.165, 1.54) is 10.6 Å². The monoisotopic (exact) mass is 322 g/mol. The third-order valence-corrected chi connectivity index (χ3v) is 3.49. The van der Waals surface area contributed by atoms with Gasteiger partial charge in [0.15, 0.2) is 17.2 Å². The summed E-state index contributed by atoms with van der Waals surface area (Å²) in [4.78, 5) is 24.4. The molecule has 0 radical (unpaired) electrons. The molecule has 2 heterocycles. The van der Waals surface area contributed by atoms with Gasteiger partial charge in [-0.25, -0.2) is 23.7 Å². The lowest BCUT2D eigenvalue weighted by molar-refractivity contribution is 0.509. The van der Waals surface area contributed by atoms with Gasteiger partial charge >= 0.3 is 0 Å². The Balaban J connectivity index is 2.43. The van der Waals surface area contributed by atoms with Crippen molar-refractivity contribution in [2.45, 2.75) is 6.92 Å². The van der Waals surface area contributed by atoms with Crippen molar-refractivity contribution in [1.29, 1.82) is 0 Å². The highest BCUT2D eigenvalue weighted by Gasteiger charge is 2.16. The van der Waals surface area contributed by atoms with Gasteiger partial charge in [0.2, 0.25) is 5.28 Å². The van der Waals surface area contributed by atoms with Crippen LogP contribution in [0.5, 0.6) is 0 Å². The van der Waals surface area contributed by atoms with Crippen molar-refractivity contribution in [3.8, 4) is 11.3 Å². The van der Waals surface area contributed by atoms with Crippen LogP contribution in [0.2, 0.25) is 5.28 Å². The maximum atomic E-state index is 13.5. The standard InChI is InChI=1S/C14H9ClF2N4O/c1-6-18-11-10(7-3-4-8(16)9(17)5-7)19-14(15)20-12(11)13(22)21(6)2/h3-5H,1-2H3. The summed E-state index contributed by atoms with van der Waals surface area (Å²) in [5.41, 5.74) is 0.252. The third kappa shape index (κ3) is 2.23. The third-order valence-electron chi connectivity index (χ3n) is 3.32. The van der Waals surface area contributed by atoms with Gasteiger partial charge < -0.3 is 0 Å². The van der Waals surface area contributed by atoms with Crippen LogP contribution in [0, 0.1) is 18.6 Å². The minimum absolute atomic E-state index is 0.0211. The molecule has 0 spiro atoms. The maximum absolute atomic E-state index is 13.5. The molecule has 0 aliphatic rings. The predicted molar refractivity (Wildman–Crippen MR) is 77.7 cm³/mol. The zero-order valence-corrected chi connectivity index (χ0v) is 12.3. The molecule has 0 amide bonds. The Bertz CT molecular complexity index is 971. The van der Waals surface area contributed by atoms with Crippen LogP contribution in [0.3, 0.4) is 0 Å². The topological polar surface area (TPSA) is 60.7 Å². The van der Waals surface area contributed by atoms with Crippen molar-refractivity contribution in [3.05, 3.63) is 51.3 Å². The molecule has 2 aromatic heterocycles. The minimum Gasteiger partial charge on any atom is -0.298 e. The SMILES string of the molecule is Cc1nc2c(-c3ccc(F)c(F)c3)nc(Cl)nc2c(=O)n1C. The van der Waals surface area contributed by atoms with Gasteiger partial charge in [0.25, 0.3) is 5.56 Å². The highest BCUT2D eigenvalue weighted by Crippen LogP contribution is 2.26. The maximum Gasteiger partial charge on any atom is 0.279 e. The van der Waals surface area contributed by atoms with Crippen molar-refractivity contribution < 1.29 is 8.78 Å². The summed E-state index contributed by atoms with van der Waals surface area (Å²) >= 11 is 5.84. The molecule has 8 heteroatoms. The summed E-state index contributed by atoms with van der Waals surface area (Å²) in [6.45, 7) is 1.64. The van der Waals surface area contributed by atoms with Crippen LogP contribution < -0.4 is 5.56 Å². The van der Waals surface area contributed by atoms with Gasteiger partial charge in [-0.3, -0.25) is 9.36 Å². The van der Waals surface area contributed by atoms with E-state index in [4.69, 9.17) is 11.6 Å². The normalized spacial score (nSPS) is 11.1. The molecule has 112 valence electrons.